The van der Waals surface area contributed by atoms with E-state index >= 15 is 0 Å². The lowest BCUT2D eigenvalue weighted by Gasteiger charge is -2.13. The van der Waals surface area contributed by atoms with Gasteiger partial charge in [0, 0.05) is 29.7 Å². The molecule has 1 saturated heterocycles. The van der Waals surface area contributed by atoms with Crippen LogP contribution in [0.3, 0.4) is 0 Å². The number of hydrogen-bond donors (Lipinski definition) is 1. The Bertz CT molecular complexity index is 806. The molecule has 1 N–H and O–H groups in total. The summed E-state index contributed by atoms with van der Waals surface area (Å²) in [6.45, 7) is 1.63. The predicted octanol–water partition coefficient (Wildman–Crippen LogP) is 3.71. The third-order valence-corrected chi connectivity index (χ3v) is 6.06. The monoisotopic (exact) mass is 354 g/mol. The van der Waals surface area contributed by atoms with Crippen molar-refractivity contribution in [3.05, 3.63) is 52.8 Å². The van der Waals surface area contributed by atoms with Crippen molar-refractivity contribution in [2.75, 3.05) is 18.8 Å². The van der Waals surface area contributed by atoms with Gasteiger partial charge in [0.2, 0.25) is 0 Å². The Labute approximate surface area is 152 Å². The summed E-state index contributed by atoms with van der Waals surface area (Å²) in [6, 6.07) is 8.23. The molecular weight excluding hydrogens is 332 g/mol. The number of carbonyl (C=O) groups is 2. The molecule has 1 aliphatic heterocycles. The first-order valence-corrected chi connectivity index (χ1v) is 9.95. The summed E-state index contributed by atoms with van der Waals surface area (Å²) < 4.78 is 0. The van der Waals surface area contributed by atoms with E-state index in [4.69, 9.17) is 0 Å². The van der Waals surface area contributed by atoms with Crippen molar-refractivity contribution in [1.82, 2.24) is 9.88 Å². The summed E-state index contributed by atoms with van der Waals surface area (Å²) in [6.07, 6.45) is 7.35. The molecule has 2 aromatic rings. The minimum absolute atomic E-state index is 0.00262. The zero-order chi connectivity index (χ0) is 17.2. The summed E-state index contributed by atoms with van der Waals surface area (Å²) in [5, 5.41) is 0. The van der Waals surface area contributed by atoms with E-state index in [-0.39, 0.29) is 11.7 Å². The van der Waals surface area contributed by atoms with E-state index in [0.717, 1.165) is 37.2 Å². The molecular formula is C20H22N2O2S. The number of nitrogens with one attached hydrogen (secondary N) is 1. The molecule has 1 aliphatic carbocycles. The fourth-order valence-corrected chi connectivity index (χ4v) is 4.49. The number of nitrogens with zero attached hydrogens (tertiary/aromatic N) is 1. The number of hydrogen-bond acceptors (Lipinski definition) is 3. The van der Waals surface area contributed by atoms with Crippen LogP contribution in [0.5, 0.6) is 0 Å². The lowest BCUT2D eigenvalue weighted by Crippen LogP contribution is -2.27. The summed E-state index contributed by atoms with van der Waals surface area (Å²) in [5.74, 6) is 0.457. The van der Waals surface area contributed by atoms with Crippen molar-refractivity contribution in [2.45, 2.75) is 37.0 Å². The maximum Gasteiger partial charge on any atom is 0.270 e. The highest BCUT2D eigenvalue weighted by Crippen LogP contribution is 2.28. The smallest absolute Gasteiger partial charge is 0.270 e. The van der Waals surface area contributed by atoms with Gasteiger partial charge in [-0.1, -0.05) is 6.07 Å². The van der Waals surface area contributed by atoms with Gasteiger partial charge in [-0.3, -0.25) is 9.59 Å². The van der Waals surface area contributed by atoms with Gasteiger partial charge in [-0.15, -0.1) is 11.8 Å². The number of ketones is 1. The van der Waals surface area contributed by atoms with Gasteiger partial charge in [0.05, 0.1) is 5.75 Å². The van der Waals surface area contributed by atoms with Gasteiger partial charge in [0.25, 0.3) is 5.91 Å². The predicted molar refractivity (Wildman–Crippen MR) is 99.5 cm³/mol. The lowest BCUT2D eigenvalue weighted by atomic mass is 10.1. The summed E-state index contributed by atoms with van der Waals surface area (Å²) in [5.41, 5.74) is 3.99. The second kappa shape index (κ2) is 7.08. The number of rotatable bonds is 5. The van der Waals surface area contributed by atoms with Gasteiger partial charge >= 0.3 is 0 Å². The van der Waals surface area contributed by atoms with E-state index in [2.05, 4.69) is 23.2 Å². The Morgan fingerprint density at radius 3 is 2.68 bits per heavy atom. The van der Waals surface area contributed by atoms with Crippen molar-refractivity contribution in [2.24, 2.45) is 0 Å². The average Bonchev–Trinajstić information content (AvgIpc) is 3.39. The van der Waals surface area contributed by atoms with Gasteiger partial charge in [-0.2, -0.15) is 0 Å². The van der Waals surface area contributed by atoms with Gasteiger partial charge in [0.15, 0.2) is 5.78 Å². The minimum Gasteiger partial charge on any atom is -0.356 e. The topological polar surface area (TPSA) is 53.2 Å². The van der Waals surface area contributed by atoms with Crippen LogP contribution in [0.2, 0.25) is 0 Å². The Balaban J connectivity index is 1.37. The zero-order valence-corrected chi connectivity index (χ0v) is 15.0. The number of likely N-dealkylation sites (tertiary alicyclic amines) is 1. The number of Topliss-reactive ketones (excluding diaryl/α,β-unsaturated/α-hetero) is 1. The van der Waals surface area contributed by atoms with E-state index in [1.165, 1.54) is 24.0 Å². The van der Waals surface area contributed by atoms with Crippen LogP contribution in [-0.4, -0.2) is 40.4 Å². The number of thioether (sulfide) groups is 1. The molecule has 0 bridgehead atoms. The molecule has 1 fully saturated rings. The number of aromatic nitrogens is 1. The summed E-state index contributed by atoms with van der Waals surface area (Å²) >= 11 is 1.57. The molecule has 0 radical (unpaired) electrons. The van der Waals surface area contributed by atoms with E-state index in [0.29, 0.717) is 17.0 Å². The molecule has 1 aromatic carbocycles. The van der Waals surface area contributed by atoms with Crippen LogP contribution < -0.4 is 0 Å². The highest BCUT2D eigenvalue weighted by Gasteiger charge is 2.21. The molecule has 25 heavy (non-hydrogen) atoms. The van der Waals surface area contributed by atoms with E-state index in [9.17, 15) is 9.59 Å². The number of aryl methyl sites for hydroxylation is 2. The highest BCUT2D eigenvalue weighted by molar-refractivity contribution is 8.00. The molecule has 130 valence electrons. The Morgan fingerprint density at radius 1 is 1.04 bits per heavy atom. The van der Waals surface area contributed by atoms with Crippen LogP contribution in [0.1, 0.15) is 51.2 Å². The number of benzene rings is 1. The van der Waals surface area contributed by atoms with Crippen LogP contribution in [-0.2, 0) is 12.8 Å². The number of carbonyl (C=O) groups excluding carboxylic acids is 2. The van der Waals surface area contributed by atoms with Crippen LogP contribution in [0.15, 0.2) is 35.4 Å². The van der Waals surface area contributed by atoms with Gasteiger partial charge in [0.1, 0.15) is 5.69 Å². The van der Waals surface area contributed by atoms with Crippen LogP contribution >= 0.6 is 11.8 Å². The van der Waals surface area contributed by atoms with Crippen molar-refractivity contribution in [3.8, 4) is 0 Å². The number of aromatic amines is 1. The highest BCUT2D eigenvalue weighted by atomic mass is 32.2. The SMILES string of the molecule is O=C(CSc1ccc2c(c1)CCC2)c1c[nH]c(C(=O)N2CCCC2)c1. The fourth-order valence-electron chi connectivity index (χ4n) is 3.64. The quantitative estimate of drug-likeness (QED) is 0.658. The Hall–Kier alpha value is -2.01. The molecule has 1 amide bonds. The van der Waals surface area contributed by atoms with E-state index in [1.807, 2.05) is 4.90 Å². The van der Waals surface area contributed by atoms with Gasteiger partial charge in [-0.25, -0.2) is 0 Å². The standard InChI is InChI=1S/C20H22N2O2S/c23-19(13-25-17-7-6-14-4-3-5-15(14)10-17)16-11-18(21-12-16)20(24)22-8-1-2-9-22/h6-7,10-12,21H,1-5,8-9,13H2. The van der Waals surface area contributed by atoms with E-state index in [1.54, 1.807) is 24.0 Å². The summed E-state index contributed by atoms with van der Waals surface area (Å²) in [7, 11) is 0. The maximum absolute atomic E-state index is 12.4. The third kappa shape index (κ3) is 3.52. The van der Waals surface area contributed by atoms with Gasteiger partial charge < -0.3 is 9.88 Å². The van der Waals surface area contributed by atoms with E-state index < -0.39 is 0 Å². The Kier molecular flexibility index (Phi) is 4.66. The first-order valence-electron chi connectivity index (χ1n) is 8.96. The number of amides is 1. The number of fused-ring (bicyclic) bond motifs is 1. The van der Waals surface area contributed by atoms with Gasteiger partial charge in [-0.05, 0) is 61.4 Å². The van der Waals surface area contributed by atoms with Crippen molar-refractivity contribution in [3.63, 3.8) is 0 Å². The normalized spacial score (nSPS) is 16.2. The average molecular weight is 354 g/mol. The van der Waals surface area contributed by atoms with Crippen molar-refractivity contribution >= 4 is 23.5 Å². The largest absolute Gasteiger partial charge is 0.356 e. The summed E-state index contributed by atoms with van der Waals surface area (Å²) in [4.78, 5) is 30.8. The van der Waals surface area contributed by atoms with Crippen LogP contribution in [0.4, 0.5) is 0 Å². The number of H-pyrrole nitrogens is 1. The molecule has 4 nitrogen and oxygen atoms in total. The molecule has 2 aliphatic rings. The molecule has 0 spiro atoms. The fraction of sp³-hybridized carbons (Fsp3) is 0.400. The van der Waals surface area contributed by atoms with Crippen LogP contribution in [0, 0.1) is 0 Å². The first kappa shape index (κ1) is 16.5. The second-order valence-electron chi connectivity index (χ2n) is 6.80. The maximum atomic E-state index is 12.4. The van der Waals surface area contributed by atoms with Crippen molar-refractivity contribution < 1.29 is 9.59 Å². The Morgan fingerprint density at radius 2 is 1.84 bits per heavy atom. The second-order valence-corrected chi connectivity index (χ2v) is 7.85. The van der Waals surface area contributed by atoms with Crippen LogP contribution in [0.25, 0.3) is 0 Å². The lowest BCUT2D eigenvalue weighted by molar-refractivity contribution is 0.0787. The molecule has 4 rings (SSSR count). The minimum atomic E-state index is 0.00262. The van der Waals surface area contributed by atoms with Crippen molar-refractivity contribution in [1.29, 1.82) is 0 Å². The zero-order valence-electron chi connectivity index (χ0n) is 14.2. The molecule has 5 heteroatoms. The molecule has 0 unspecified atom stereocenters. The molecule has 0 saturated carbocycles. The molecule has 0 atom stereocenters. The first-order chi connectivity index (χ1) is 12.2. The molecule has 1 aromatic heterocycles. The molecule has 2 heterocycles. The third-order valence-electron chi connectivity index (χ3n) is 5.07.